The minimum absolute atomic E-state index is 0.00162. The molecule has 0 heterocycles. The zero-order chi connectivity index (χ0) is 18.0. The van der Waals surface area contributed by atoms with E-state index in [0.717, 1.165) is 12.8 Å². The second-order valence-corrected chi connectivity index (χ2v) is 8.62. The van der Waals surface area contributed by atoms with Crippen molar-refractivity contribution in [2.75, 3.05) is 21.0 Å². The first-order valence-corrected chi connectivity index (χ1v) is 9.12. The molecule has 2 fully saturated rings. The van der Waals surface area contributed by atoms with E-state index in [1.807, 2.05) is 6.08 Å². The van der Waals surface area contributed by atoms with E-state index in [9.17, 15) is 9.90 Å². The summed E-state index contributed by atoms with van der Waals surface area (Å²) in [6, 6.07) is 0. The van der Waals surface area contributed by atoms with Crippen molar-refractivity contribution in [1.29, 1.82) is 0 Å². The average molecular weight is 348 g/mol. The van der Waals surface area contributed by atoms with Gasteiger partial charge in [0.05, 0.1) is 6.10 Å². The Labute approximate surface area is 149 Å². The second kappa shape index (κ2) is 5.49. The molecule has 0 radical (unpaired) electrons. The minimum Gasteiger partial charge on any atom is -0.382 e. The highest BCUT2D eigenvalue weighted by atomic mass is 16.7. The van der Waals surface area contributed by atoms with Crippen molar-refractivity contribution in [1.82, 2.24) is 0 Å². The van der Waals surface area contributed by atoms with Crippen molar-refractivity contribution in [3.8, 4) is 0 Å². The lowest BCUT2D eigenvalue weighted by molar-refractivity contribution is -0.184. The molecule has 5 heteroatoms. The molecule has 0 spiro atoms. The topological polar surface area (TPSA) is 65.0 Å². The first-order valence-electron chi connectivity index (χ1n) is 9.12. The summed E-state index contributed by atoms with van der Waals surface area (Å²) < 4.78 is 16.9. The zero-order valence-corrected chi connectivity index (χ0v) is 15.5. The molecule has 0 saturated heterocycles. The van der Waals surface area contributed by atoms with E-state index in [-0.39, 0.29) is 30.3 Å². The summed E-state index contributed by atoms with van der Waals surface area (Å²) >= 11 is 0. The summed E-state index contributed by atoms with van der Waals surface area (Å²) in [6.45, 7) is 4.67. The zero-order valence-electron chi connectivity index (χ0n) is 15.5. The molecule has 4 aliphatic rings. The number of fused-ring (bicyclic) bond motifs is 5. The van der Waals surface area contributed by atoms with Crippen molar-refractivity contribution < 1.29 is 24.1 Å². The number of allylic oxidation sites excluding steroid dienone is 2. The summed E-state index contributed by atoms with van der Waals surface area (Å²) in [6.07, 6.45) is 7.06. The number of rotatable bonds is 4. The molecular weight excluding hydrogens is 320 g/mol. The molecule has 0 bridgehead atoms. The predicted octanol–water partition coefficient (Wildman–Crippen LogP) is 2.24. The fourth-order valence-corrected chi connectivity index (χ4v) is 5.95. The molecule has 0 aromatic carbocycles. The lowest BCUT2D eigenvalue weighted by atomic mass is 9.66. The van der Waals surface area contributed by atoms with Gasteiger partial charge in [-0.05, 0) is 36.2 Å². The molecule has 0 aromatic rings. The number of hydrogen-bond acceptors (Lipinski definition) is 5. The maximum Gasteiger partial charge on any atom is 0.159 e. The van der Waals surface area contributed by atoms with Gasteiger partial charge in [0, 0.05) is 32.1 Å². The monoisotopic (exact) mass is 348 g/mol. The molecule has 2 saturated carbocycles. The molecule has 0 amide bonds. The highest BCUT2D eigenvalue weighted by molar-refractivity contribution is 5.96. The van der Waals surface area contributed by atoms with Gasteiger partial charge in [-0.1, -0.05) is 26.0 Å². The standard InChI is InChI=1S/C20H28O5/c1-18(2)14-9-16(25-11-23-3)20(22)13(17(14)18)6-5-7-19(24-4)10-12(21)8-15(19)20/h5,7-8,13-14,16-17,22H,6,9-11H2,1-4H3/t13-,14+,16+,17-,19-,20+/m0/s1. The Bertz CT molecular complexity index is 650. The molecule has 0 unspecified atom stereocenters. The maximum absolute atomic E-state index is 12.3. The van der Waals surface area contributed by atoms with Gasteiger partial charge in [0.1, 0.15) is 18.0 Å². The smallest absolute Gasteiger partial charge is 0.159 e. The van der Waals surface area contributed by atoms with Gasteiger partial charge in [-0.25, -0.2) is 0 Å². The second-order valence-electron chi connectivity index (χ2n) is 8.62. The molecule has 4 aliphatic carbocycles. The molecular formula is C20H28O5. The molecule has 4 rings (SSSR count). The van der Waals surface area contributed by atoms with Gasteiger partial charge >= 0.3 is 0 Å². The lowest BCUT2D eigenvalue weighted by Gasteiger charge is -2.48. The fourth-order valence-electron chi connectivity index (χ4n) is 5.95. The number of methoxy groups -OCH3 is 2. The van der Waals surface area contributed by atoms with Crippen molar-refractivity contribution >= 4 is 5.78 Å². The molecule has 1 N–H and O–H groups in total. The van der Waals surface area contributed by atoms with Crippen LogP contribution in [0.2, 0.25) is 0 Å². The summed E-state index contributed by atoms with van der Waals surface area (Å²) in [5.41, 5.74) is -1.20. The van der Waals surface area contributed by atoms with Crippen molar-refractivity contribution in [3.05, 3.63) is 23.8 Å². The SMILES string of the molecule is COCO[C@@H]1C[C@@H]2[C@H]([C@@H]3CC=C[C@]4(OC)CC(=O)C=C4[C@@]13O)C2(C)C. The van der Waals surface area contributed by atoms with Crippen LogP contribution in [-0.4, -0.2) is 49.2 Å². The van der Waals surface area contributed by atoms with Crippen LogP contribution in [0.3, 0.4) is 0 Å². The van der Waals surface area contributed by atoms with Crippen molar-refractivity contribution in [3.63, 3.8) is 0 Å². The van der Waals surface area contributed by atoms with Gasteiger partial charge in [-0.15, -0.1) is 0 Å². The van der Waals surface area contributed by atoms with Crippen molar-refractivity contribution in [2.24, 2.45) is 23.2 Å². The molecule has 6 atom stereocenters. The number of ether oxygens (including phenoxy) is 3. The summed E-state index contributed by atoms with van der Waals surface area (Å²) in [4.78, 5) is 12.3. The van der Waals surface area contributed by atoms with Gasteiger partial charge in [-0.3, -0.25) is 4.79 Å². The van der Waals surface area contributed by atoms with E-state index in [4.69, 9.17) is 14.2 Å². The third-order valence-corrected chi connectivity index (χ3v) is 7.25. The Kier molecular flexibility index (Phi) is 3.82. The summed E-state index contributed by atoms with van der Waals surface area (Å²) in [7, 11) is 3.19. The molecule has 5 nitrogen and oxygen atoms in total. The average Bonchev–Trinajstić information content (AvgIpc) is 2.97. The molecule has 25 heavy (non-hydrogen) atoms. The summed E-state index contributed by atoms with van der Waals surface area (Å²) in [5.74, 6) is 0.973. The van der Waals surface area contributed by atoms with E-state index >= 15 is 0 Å². The van der Waals surface area contributed by atoms with Crippen LogP contribution in [0.15, 0.2) is 23.8 Å². The normalized spacial score (nSPS) is 46.8. The largest absolute Gasteiger partial charge is 0.382 e. The number of aliphatic hydroxyl groups is 1. The van der Waals surface area contributed by atoms with Gasteiger partial charge in [-0.2, -0.15) is 0 Å². The predicted molar refractivity (Wildman–Crippen MR) is 91.8 cm³/mol. The summed E-state index contributed by atoms with van der Waals surface area (Å²) in [5, 5.41) is 12.0. The first-order chi connectivity index (χ1) is 11.8. The van der Waals surface area contributed by atoms with Crippen molar-refractivity contribution in [2.45, 2.75) is 50.4 Å². The van der Waals surface area contributed by atoms with Crippen LogP contribution >= 0.6 is 0 Å². The third kappa shape index (κ3) is 2.19. The van der Waals surface area contributed by atoms with E-state index in [2.05, 4.69) is 19.9 Å². The van der Waals surface area contributed by atoms with E-state index < -0.39 is 17.3 Å². The van der Waals surface area contributed by atoms with Crippen LogP contribution in [0.5, 0.6) is 0 Å². The number of hydrogen-bond donors (Lipinski definition) is 1. The van der Waals surface area contributed by atoms with E-state index in [1.54, 1.807) is 20.3 Å². The highest BCUT2D eigenvalue weighted by Gasteiger charge is 2.72. The fraction of sp³-hybridized carbons (Fsp3) is 0.750. The number of carbonyl (C=O) groups is 1. The number of carbonyl (C=O) groups excluding carboxylic acids is 1. The van der Waals surface area contributed by atoms with Gasteiger partial charge in [0.2, 0.25) is 0 Å². The highest BCUT2D eigenvalue weighted by Crippen LogP contribution is 2.71. The Morgan fingerprint density at radius 3 is 2.72 bits per heavy atom. The van der Waals surface area contributed by atoms with Gasteiger partial charge in [0.15, 0.2) is 5.78 Å². The maximum atomic E-state index is 12.3. The molecule has 138 valence electrons. The van der Waals surface area contributed by atoms with E-state index in [1.165, 1.54) is 0 Å². The quantitative estimate of drug-likeness (QED) is 0.623. The third-order valence-electron chi connectivity index (χ3n) is 7.25. The molecule has 0 aromatic heterocycles. The Balaban J connectivity index is 1.83. The number of ketones is 1. The minimum atomic E-state index is -1.21. The van der Waals surface area contributed by atoms with E-state index in [0.29, 0.717) is 17.4 Å². The van der Waals surface area contributed by atoms with Crippen LogP contribution in [0, 0.1) is 23.2 Å². The van der Waals surface area contributed by atoms with Crippen LogP contribution in [0.25, 0.3) is 0 Å². The van der Waals surface area contributed by atoms with Crippen LogP contribution in [0.1, 0.15) is 33.1 Å². The van der Waals surface area contributed by atoms with Crippen LogP contribution in [0.4, 0.5) is 0 Å². The van der Waals surface area contributed by atoms with Gasteiger partial charge < -0.3 is 19.3 Å². The Hall–Kier alpha value is -1.01. The van der Waals surface area contributed by atoms with Crippen LogP contribution in [-0.2, 0) is 19.0 Å². The Morgan fingerprint density at radius 2 is 2.04 bits per heavy atom. The lowest BCUT2D eigenvalue weighted by Crippen LogP contribution is -2.58. The Morgan fingerprint density at radius 1 is 1.28 bits per heavy atom. The first kappa shape index (κ1) is 17.4. The van der Waals surface area contributed by atoms with Crippen LogP contribution < -0.4 is 0 Å². The van der Waals surface area contributed by atoms with Gasteiger partial charge in [0.25, 0.3) is 0 Å². The molecule has 0 aliphatic heterocycles.